The molecule has 0 aliphatic carbocycles. The van der Waals surface area contributed by atoms with Crippen molar-refractivity contribution >= 4 is 29.2 Å². The fourth-order valence-corrected chi connectivity index (χ4v) is 2.47. The van der Waals surface area contributed by atoms with E-state index in [-0.39, 0.29) is 12.2 Å². The Labute approximate surface area is 137 Å². The van der Waals surface area contributed by atoms with E-state index < -0.39 is 11.9 Å². The van der Waals surface area contributed by atoms with Gasteiger partial charge in [-0.05, 0) is 41.8 Å². The van der Waals surface area contributed by atoms with Crippen molar-refractivity contribution < 1.29 is 19.7 Å². The van der Waals surface area contributed by atoms with Gasteiger partial charge < -0.3 is 14.9 Å². The highest BCUT2D eigenvalue weighted by molar-refractivity contribution is 6.42. The number of halogens is 2. The van der Waals surface area contributed by atoms with Crippen LogP contribution in [0.4, 0.5) is 0 Å². The normalized spacial score (nSPS) is 12.0. The van der Waals surface area contributed by atoms with Crippen molar-refractivity contribution in [3.8, 4) is 11.5 Å². The Bertz CT molecular complexity index is 701. The summed E-state index contributed by atoms with van der Waals surface area (Å²) in [7, 11) is 1.44. The summed E-state index contributed by atoms with van der Waals surface area (Å²) in [6, 6.07) is 9.52. The van der Waals surface area contributed by atoms with Crippen LogP contribution in [0.5, 0.6) is 11.5 Å². The van der Waals surface area contributed by atoms with Crippen molar-refractivity contribution in [2.45, 2.75) is 12.3 Å². The second-order valence-corrected chi connectivity index (χ2v) is 5.59. The van der Waals surface area contributed by atoms with Crippen molar-refractivity contribution in [2.24, 2.45) is 0 Å². The highest BCUT2D eigenvalue weighted by Gasteiger charge is 2.21. The molecule has 0 bridgehead atoms. The van der Waals surface area contributed by atoms with Crippen molar-refractivity contribution in [3.63, 3.8) is 0 Å². The zero-order valence-corrected chi connectivity index (χ0v) is 13.2. The van der Waals surface area contributed by atoms with E-state index in [0.29, 0.717) is 21.4 Å². The summed E-state index contributed by atoms with van der Waals surface area (Å²) in [6.45, 7) is 0. The van der Waals surface area contributed by atoms with Crippen LogP contribution < -0.4 is 4.74 Å². The lowest BCUT2D eigenvalue weighted by Crippen LogP contribution is -2.14. The number of methoxy groups -OCH3 is 1. The lowest BCUT2D eigenvalue weighted by atomic mass is 9.92. The molecule has 0 radical (unpaired) electrons. The molecule has 1 unspecified atom stereocenters. The summed E-state index contributed by atoms with van der Waals surface area (Å²) >= 11 is 11.8. The molecule has 0 amide bonds. The number of hydrogen-bond acceptors (Lipinski definition) is 3. The first-order valence-corrected chi connectivity index (χ1v) is 7.21. The molecule has 0 aromatic heterocycles. The molecule has 1 atom stereocenters. The van der Waals surface area contributed by atoms with Crippen LogP contribution in [0.25, 0.3) is 0 Å². The predicted octanol–water partition coefficient (Wildman–Crippen LogP) is 4.12. The maximum Gasteiger partial charge on any atom is 0.311 e. The Morgan fingerprint density at radius 2 is 1.91 bits per heavy atom. The second-order valence-electron chi connectivity index (χ2n) is 4.77. The van der Waals surface area contributed by atoms with Crippen molar-refractivity contribution in [3.05, 3.63) is 57.6 Å². The topological polar surface area (TPSA) is 66.8 Å². The number of hydrogen-bond donors (Lipinski definition) is 2. The van der Waals surface area contributed by atoms with Gasteiger partial charge in [-0.3, -0.25) is 4.79 Å². The summed E-state index contributed by atoms with van der Waals surface area (Å²) in [5.74, 6) is -1.43. The van der Waals surface area contributed by atoms with Gasteiger partial charge in [-0.2, -0.15) is 0 Å². The largest absolute Gasteiger partial charge is 0.504 e. The molecule has 22 heavy (non-hydrogen) atoms. The number of aliphatic carboxylic acids is 1. The summed E-state index contributed by atoms with van der Waals surface area (Å²) in [5.41, 5.74) is 1.29. The average Bonchev–Trinajstić information content (AvgIpc) is 2.49. The minimum Gasteiger partial charge on any atom is -0.504 e. The third-order valence-electron chi connectivity index (χ3n) is 3.33. The first kappa shape index (κ1) is 16.5. The molecule has 0 aliphatic rings. The minimum atomic E-state index is -0.967. The standard InChI is InChI=1S/C16H14Cl2O4/c1-22-15-7-9(2-5-14(15)19)6-11(16(20)21)10-3-4-12(17)13(18)8-10/h2-5,7-8,11,19H,6H2,1H3,(H,20,21). The Morgan fingerprint density at radius 1 is 1.18 bits per heavy atom. The van der Waals surface area contributed by atoms with Crippen LogP contribution in [0.3, 0.4) is 0 Å². The highest BCUT2D eigenvalue weighted by Crippen LogP contribution is 2.31. The van der Waals surface area contributed by atoms with E-state index in [1.165, 1.54) is 13.2 Å². The first-order chi connectivity index (χ1) is 10.4. The van der Waals surface area contributed by atoms with Gasteiger partial charge in [0, 0.05) is 0 Å². The lowest BCUT2D eigenvalue weighted by molar-refractivity contribution is -0.138. The van der Waals surface area contributed by atoms with E-state index >= 15 is 0 Å². The number of carbonyl (C=O) groups is 1. The molecule has 2 aromatic rings. The third-order valence-corrected chi connectivity index (χ3v) is 4.07. The van der Waals surface area contributed by atoms with Gasteiger partial charge >= 0.3 is 5.97 Å². The Hall–Kier alpha value is -1.91. The van der Waals surface area contributed by atoms with Crippen molar-refractivity contribution in [1.29, 1.82) is 0 Å². The monoisotopic (exact) mass is 340 g/mol. The van der Waals surface area contributed by atoms with E-state index in [2.05, 4.69) is 0 Å². The molecule has 0 saturated heterocycles. The van der Waals surface area contributed by atoms with Gasteiger partial charge in [0.25, 0.3) is 0 Å². The second kappa shape index (κ2) is 6.90. The van der Waals surface area contributed by atoms with Crippen molar-refractivity contribution in [2.75, 3.05) is 7.11 Å². The molecule has 6 heteroatoms. The highest BCUT2D eigenvalue weighted by atomic mass is 35.5. The maximum atomic E-state index is 11.6. The number of benzene rings is 2. The van der Waals surface area contributed by atoms with Crippen LogP contribution in [-0.2, 0) is 11.2 Å². The fraction of sp³-hybridized carbons (Fsp3) is 0.188. The molecule has 2 rings (SSSR count). The van der Waals surface area contributed by atoms with Crippen LogP contribution in [0.15, 0.2) is 36.4 Å². The molecule has 2 aromatic carbocycles. The molecule has 2 N–H and O–H groups in total. The summed E-state index contributed by atoms with van der Waals surface area (Å²) in [4.78, 5) is 11.6. The SMILES string of the molecule is COc1cc(CC(C(=O)O)c2ccc(Cl)c(Cl)c2)ccc1O. The Morgan fingerprint density at radius 3 is 2.50 bits per heavy atom. The Balaban J connectivity index is 2.33. The molecule has 0 saturated carbocycles. The van der Waals surface area contributed by atoms with Gasteiger partial charge in [0.1, 0.15) is 0 Å². The van der Waals surface area contributed by atoms with Crippen molar-refractivity contribution in [1.82, 2.24) is 0 Å². The molecule has 0 aliphatic heterocycles. The van der Waals surface area contributed by atoms with Crippen LogP contribution in [0.2, 0.25) is 10.0 Å². The quantitative estimate of drug-likeness (QED) is 0.859. The zero-order valence-electron chi connectivity index (χ0n) is 11.7. The molecular weight excluding hydrogens is 327 g/mol. The van der Waals surface area contributed by atoms with E-state index in [1.807, 2.05) is 0 Å². The van der Waals surface area contributed by atoms with Crippen LogP contribution in [0, 0.1) is 0 Å². The van der Waals surface area contributed by atoms with Crippen LogP contribution in [0.1, 0.15) is 17.0 Å². The van der Waals surface area contributed by atoms with E-state index in [4.69, 9.17) is 27.9 Å². The number of carboxylic acid groups (broad SMARTS) is 1. The van der Waals surface area contributed by atoms with Gasteiger partial charge in [0.15, 0.2) is 11.5 Å². The molecule has 116 valence electrons. The zero-order chi connectivity index (χ0) is 16.3. The first-order valence-electron chi connectivity index (χ1n) is 6.46. The smallest absolute Gasteiger partial charge is 0.311 e. The molecule has 4 nitrogen and oxygen atoms in total. The molecule has 0 spiro atoms. The number of phenolic OH excluding ortho intramolecular Hbond substituents is 1. The van der Waals surface area contributed by atoms with E-state index in [0.717, 1.165) is 5.56 Å². The van der Waals surface area contributed by atoms with E-state index in [9.17, 15) is 15.0 Å². The minimum absolute atomic E-state index is 0.00709. The molecule has 0 fully saturated rings. The average molecular weight is 341 g/mol. The number of ether oxygens (including phenoxy) is 1. The predicted molar refractivity (Wildman–Crippen MR) is 85.2 cm³/mol. The summed E-state index contributed by atoms with van der Waals surface area (Å²) in [6.07, 6.45) is 0.240. The van der Waals surface area contributed by atoms with Crippen LogP contribution in [-0.4, -0.2) is 23.3 Å². The van der Waals surface area contributed by atoms with Gasteiger partial charge in [-0.1, -0.05) is 35.3 Å². The van der Waals surface area contributed by atoms with Gasteiger partial charge in [-0.25, -0.2) is 0 Å². The molecular formula is C16H14Cl2O4. The number of aromatic hydroxyl groups is 1. The van der Waals surface area contributed by atoms with Gasteiger partial charge in [0.05, 0.1) is 23.1 Å². The van der Waals surface area contributed by atoms with Gasteiger partial charge in [-0.15, -0.1) is 0 Å². The van der Waals surface area contributed by atoms with Crippen LogP contribution >= 0.6 is 23.2 Å². The summed E-state index contributed by atoms with van der Waals surface area (Å²) in [5, 5.41) is 19.8. The Kier molecular flexibility index (Phi) is 5.16. The number of rotatable bonds is 5. The fourth-order valence-electron chi connectivity index (χ4n) is 2.16. The number of carboxylic acids is 1. The maximum absolute atomic E-state index is 11.6. The summed E-state index contributed by atoms with van der Waals surface area (Å²) < 4.78 is 5.03. The number of phenols is 1. The lowest BCUT2D eigenvalue weighted by Gasteiger charge is -2.14. The van der Waals surface area contributed by atoms with E-state index in [1.54, 1.807) is 30.3 Å². The molecule has 0 heterocycles. The van der Waals surface area contributed by atoms with Gasteiger partial charge in [0.2, 0.25) is 0 Å². The third kappa shape index (κ3) is 3.64.